The quantitative estimate of drug-likeness (QED) is 0.574. The van der Waals surface area contributed by atoms with E-state index in [1.807, 2.05) is 0 Å². The third kappa shape index (κ3) is 2120. The largest absolute Gasteiger partial charge is 2.00 e. The number of hydrogen-bond donors (Lipinski definition) is 0. The number of rotatable bonds is 0. The van der Waals surface area contributed by atoms with E-state index in [1.54, 1.807) is 0 Å². The zero-order valence-electron chi connectivity index (χ0n) is 8.82. The third-order valence-electron chi connectivity index (χ3n) is 0. The van der Waals surface area contributed by atoms with Crippen LogP contribution in [0.3, 0.4) is 0 Å². The van der Waals surface area contributed by atoms with Gasteiger partial charge < -0.3 is 13.8 Å². The Morgan fingerprint density at radius 1 is 0.667 bits per heavy atom. The fraction of sp³-hybridized carbons (Fsp3) is 0.818. The van der Waals surface area contributed by atoms with Crippen LogP contribution in [0.1, 0.15) is 49.0 Å². The predicted octanol–water partition coefficient (Wildman–Crippen LogP) is 4.37. The molecule has 76 valence electrons. The Labute approximate surface area is 94.8 Å². The van der Waals surface area contributed by atoms with Crippen molar-refractivity contribution in [2.24, 2.45) is 10.8 Å². The molecule has 0 unspecified atom stereocenters. The Bertz CT molecular complexity index is 48.0. The topological polar surface area (TPSA) is 0 Å². The van der Waals surface area contributed by atoms with Crippen molar-refractivity contribution in [3.05, 3.63) is 13.8 Å². The van der Waals surface area contributed by atoms with Crippen molar-refractivity contribution in [2.75, 3.05) is 0 Å². The molecule has 0 bridgehead atoms. The van der Waals surface area contributed by atoms with Crippen LogP contribution in [-0.2, 0) is 21.1 Å². The van der Waals surface area contributed by atoms with Gasteiger partial charge in [-0.25, -0.2) is 0 Å². The maximum Gasteiger partial charge on any atom is 2.00 e. The van der Waals surface area contributed by atoms with E-state index in [0.717, 1.165) is 0 Å². The molecular weight excluding hydrogens is 316 g/mol. The summed E-state index contributed by atoms with van der Waals surface area (Å²) in [5, 5.41) is 0. The minimum absolute atomic E-state index is 0. The van der Waals surface area contributed by atoms with Crippen LogP contribution in [-0.4, -0.2) is 0 Å². The van der Waals surface area contributed by atoms with Gasteiger partial charge in [0, 0.05) is 0 Å². The second-order valence-electron chi connectivity index (χ2n) is 5.12. The maximum atomic E-state index is 3.77. The molecule has 0 radical (unpaired) electrons. The van der Waals surface area contributed by atoms with Crippen molar-refractivity contribution in [3.63, 3.8) is 0 Å². The van der Waals surface area contributed by atoms with Crippen LogP contribution in [0.2, 0.25) is 0 Å². The van der Waals surface area contributed by atoms with E-state index >= 15 is 0 Å². The van der Waals surface area contributed by atoms with Gasteiger partial charge in [0.15, 0.2) is 0 Å². The zero-order chi connectivity index (χ0) is 9.00. The average Bonchev–Trinajstić information content (AvgIpc) is 1.12. The maximum absolute atomic E-state index is 3.77. The van der Waals surface area contributed by atoms with E-state index in [0.29, 0.717) is 0 Å². The van der Waals surface area contributed by atoms with Crippen LogP contribution in [0.4, 0.5) is 0 Å². The minimum Gasteiger partial charge on any atom is -0.338 e. The van der Waals surface area contributed by atoms with E-state index in [-0.39, 0.29) is 39.3 Å². The van der Waals surface area contributed by atoms with Crippen LogP contribution in [0.5, 0.6) is 0 Å². The summed E-state index contributed by atoms with van der Waals surface area (Å²) >= 11 is 0. The fourth-order valence-electron chi connectivity index (χ4n) is 0. The summed E-state index contributed by atoms with van der Waals surface area (Å²) in [4.78, 5) is 0. The second kappa shape index (κ2) is 8.29. The average molecular weight is 342 g/mol. The van der Waals surface area contributed by atoms with Crippen molar-refractivity contribution in [3.8, 4) is 0 Å². The summed E-state index contributed by atoms with van der Waals surface area (Å²) in [5.41, 5.74) is 0.500. The predicted molar refractivity (Wildman–Crippen MR) is 56.4 cm³/mol. The molecule has 12 heavy (non-hydrogen) atoms. The zero-order valence-corrected chi connectivity index (χ0v) is 11.8. The molecule has 0 nitrogen and oxygen atoms in total. The Morgan fingerprint density at radius 3 is 0.667 bits per heavy atom. The first-order valence-corrected chi connectivity index (χ1v) is 3.71. The van der Waals surface area contributed by atoms with Gasteiger partial charge in [-0.2, -0.15) is 10.8 Å². The Kier molecular flexibility index (Phi) is 15.9. The molecule has 0 aliphatic carbocycles. The van der Waals surface area contributed by atoms with Crippen LogP contribution < -0.4 is 0 Å². The van der Waals surface area contributed by atoms with Gasteiger partial charge in [0.05, 0.1) is 0 Å². The summed E-state index contributed by atoms with van der Waals surface area (Å²) in [5.74, 6) is 0. The molecule has 0 rings (SSSR count). The first kappa shape index (κ1) is 23.0. The molecule has 0 atom stereocenters. The van der Waals surface area contributed by atoms with Crippen molar-refractivity contribution < 1.29 is 21.1 Å². The molecule has 0 saturated carbocycles. The molecule has 0 N–H and O–H groups in total. The van der Waals surface area contributed by atoms with Crippen LogP contribution >= 0.6 is 0 Å². The molecule has 0 spiro atoms. The molecule has 0 aliphatic rings. The monoisotopic (exact) mass is 342 g/mol. The van der Waals surface area contributed by atoms with Crippen molar-refractivity contribution in [1.29, 1.82) is 0 Å². The van der Waals surface area contributed by atoms with Gasteiger partial charge in [0.1, 0.15) is 0 Å². The van der Waals surface area contributed by atoms with Crippen LogP contribution in [0.15, 0.2) is 0 Å². The molecule has 0 saturated heterocycles. The Balaban J connectivity index is -0.0000000457. The van der Waals surface area contributed by atoms with E-state index in [2.05, 4.69) is 55.4 Å². The molecule has 0 aromatic carbocycles. The fourth-order valence-corrected chi connectivity index (χ4v) is 0. The van der Waals surface area contributed by atoms with E-state index in [4.69, 9.17) is 0 Å². The van der Waals surface area contributed by atoms with Gasteiger partial charge in [-0.3, -0.25) is 0 Å². The van der Waals surface area contributed by atoms with Crippen molar-refractivity contribution >= 4 is 0 Å². The van der Waals surface area contributed by atoms with Gasteiger partial charge in [-0.05, 0) is 0 Å². The second-order valence-corrected chi connectivity index (χ2v) is 5.12. The summed E-state index contributed by atoms with van der Waals surface area (Å²) in [7, 11) is 0. The SMILES string of the molecule is C.[CH2-]C(C)(C)C.[CH2-]C(C)(C)C.[W+2]. The molecule has 0 amide bonds. The molecule has 0 aromatic rings. The number of hydrogen-bond acceptors (Lipinski definition) is 0. The van der Waals surface area contributed by atoms with Gasteiger partial charge in [0.2, 0.25) is 0 Å². The Morgan fingerprint density at radius 2 is 0.667 bits per heavy atom. The molecule has 0 fully saturated rings. The standard InChI is InChI=1S/2C5H11.CH4.W/c2*1-5(2,3)4;;/h2*1H2,2-4H3;1H4;/q2*-1;;+2. The normalized spacial score (nSPS) is 10.0. The first-order chi connectivity index (χ1) is 4.00. The van der Waals surface area contributed by atoms with Gasteiger partial charge >= 0.3 is 21.1 Å². The van der Waals surface area contributed by atoms with Crippen molar-refractivity contribution in [2.45, 2.75) is 49.0 Å². The van der Waals surface area contributed by atoms with E-state index in [9.17, 15) is 0 Å². The van der Waals surface area contributed by atoms with E-state index in [1.165, 1.54) is 0 Å². The molecule has 0 aliphatic heterocycles. The summed E-state index contributed by atoms with van der Waals surface area (Å²) < 4.78 is 0. The van der Waals surface area contributed by atoms with Crippen LogP contribution in [0.25, 0.3) is 0 Å². The summed E-state index contributed by atoms with van der Waals surface area (Å²) in [6, 6.07) is 0. The van der Waals surface area contributed by atoms with Gasteiger partial charge in [-0.1, -0.05) is 49.0 Å². The van der Waals surface area contributed by atoms with E-state index < -0.39 is 0 Å². The third-order valence-corrected chi connectivity index (χ3v) is 0. The molecule has 0 heterocycles. The van der Waals surface area contributed by atoms with Crippen LogP contribution in [0, 0.1) is 24.7 Å². The van der Waals surface area contributed by atoms with Gasteiger partial charge in [-0.15, -0.1) is 0 Å². The van der Waals surface area contributed by atoms with Crippen molar-refractivity contribution in [1.82, 2.24) is 0 Å². The summed E-state index contributed by atoms with van der Waals surface area (Å²) in [6.07, 6.45) is 0. The Hall–Kier alpha value is 0.688. The van der Waals surface area contributed by atoms with Gasteiger partial charge in [0.25, 0.3) is 0 Å². The smallest absolute Gasteiger partial charge is 0.338 e. The summed E-state index contributed by atoms with van der Waals surface area (Å²) in [6.45, 7) is 20.0. The molecule has 0 aromatic heterocycles. The molecular formula is C11H26W. The molecule has 1 heteroatoms. The minimum atomic E-state index is 0. The first-order valence-electron chi connectivity index (χ1n) is 3.71.